The zero-order valence-corrected chi connectivity index (χ0v) is 14.7. The Balaban J connectivity index is 1.82. The molecule has 0 bridgehead atoms. The van der Waals surface area contributed by atoms with E-state index in [0.717, 1.165) is 12.0 Å². The molecule has 1 aromatic carbocycles. The van der Waals surface area contributed by atoms with Crippen molar-refractivity contribution in [1.29, 1.82) is 0 Å². The predicted molar refractivity (Wildman–Crippen MR) is 98.0 cm³/mol. The van der Waals surface area contributed by atoms with Gasteiger partial charge in [0.05, 0.1) is 4.92 Å². The van der Waals surface area contributed by atoms with Gasteiger partial charge in [0.2, 0.25) is 5.91 Å². The van der Waals surface area contributed by atoms with Gasteiger partial charge in [0.15, 0.2) is 5.11 Å². The zero-order valence-electron chi connectivity index (χ0n) is 13.8. The summed E-state index contributed by atoms with van der Waals surface area (Å²) < 4.78 is 0. The molecule has 0 unspecified atom stereocenters. The first-order valence-corrected chi connectivity index (χ1v) is 8.72. The molecule has 1 aliphatic rings. The molecule has 0 saturated heterocycles. The van der Waals surface area contributed by atoms with Gasteiger partial charge in [0.1, 0.15) is 0 Å². The van der Waals surface area contributed by atoms with Crippen LogP contribution in [0.2, 0.25) is 0 Å². The van der Waals surface area contributed by atoms with E-state index in [0.29, 0.717) is 18.0 Å². The van der Waals surface area contributed by atoms with Crippen molar-refractivity contribution >= 4 is 34.6 Å². The molecule has 1 saturated carbocycles. The molecule has 1 aromatic rings. The number of hydrogen-bond acceptors (Lipinski definition) is 4. The number of thiocarbonyl (C=S) groups is 1. The Morgan fingerprint density at radius 2 is 2.04 bits per heavy atom. The molecule has 0 atom stereocenters. The smallest absolute Gasteiger partial charge is 0.271 e. The molecule has 0 aliphatic heterocycles. The van der Waals surface area contributed by atoms with Gasteiger partial charge < -0.3 is 10.6 Å². The van der Waals surface area contributed by atoms with E-state index >= 15 is 0 Å². The minimum Gasteiger partial charge on any atom is -0.332 e. The summed E-state index contributed by atoms with van der Waals surface area (Å²) in [4.78, 5) is 22.4. The van der Waals surface area contributed by atoms with Crippen molar-refractivity contribution in [1.82, 2.24) is 5.32 Å². The highest BCUT2D eigenvalue weighted by molar-refractivity contribution is 7.80. The third-order valence-electron chi connectivity index (χ3n) is 4.44. The van der Waals surface area contributed by atoms with Crippen LogP contribution < -0.4 is 10.6 Å². The van der Waals surface area contributed by atoms with Crippen molar-refractivity contribution in [2.24, 2.45) is 5.92 Å². The summed E-state index contributed by atoms with van der Waals surface area (Å²) in [6.45, 7) is 1.82. The van der Waals surface area contributed by atoms with E-state index in [4.69, 9.17) is 12.2 Å². The van der Waals surface area contributed by atoms with Crippen molar-refractivity contribution in [3.05, 3.63) is 33.9 Å². The number of non-ortho nitro benzene ring substituents is 1. The van der Waals surface area contributed by atoms with Crippen molar-refractivity contribution < 1.29 is 9.72 Å². The van der Waals surface area contributed by atoms with Crippen LogP contribution in [0.3, 0.4) is 0 Å². The quantitative estimate of drug-likeness (QED) is 0.475. The number of nitrogens with one attached hydrogen (secondary N) is 2. The first-order valence-electron chi connectivity index (χ1n) is 8.31. The summed E-state index contributed by atoms with van der Waals surface area (Å²) in [5.74, 6) is 0.534. The predicted octanol–water partition coefficient (Wildman–Crippen LogP) is 4.08. The number of benzene rings is 1. The number of rotatable bonds is 5. The third-order valence-corrected chi connectivity index (χ3v) is 4.64. The minimum atomic E-state index is -0.462. The molecule has 1 amide bonds. The van der Waals surface area contributed by atoms with Gasteiger partial charge in [-0.25, -0.2) is 0 Å². The SMILES string of the molecule is Cc1ccc([N+](=O)[O-])cc1NC(=S)NC(=O)CCC1CCCCC1. The fraction of sp³-hybridized carbons (Fsp3) is 0.529. The van der Waals surface area contributed by atoms with Gasteiger partial charge in [-0.3, -0.25) is 14.9 Å². The molecule has 130 valence electrons. The summed E-state index contributed by atoms with van der Waals surface area (Å²) in [5.41, 5.74) is 1.33. The lowest BCUT2D eigenvalue weighted by Crippen LogP contribution is -2.34. The molecule has 24 heavy (non-hydrogen) atoms. The second-order valence-electron chi connectivity index (χ2n) is 6.30. The number of carbonyl (C=O) groups excluding carboxylic acids is 1. The highest BCUT2D eigenvalue weighted by Crippen LogP contribution is 2.27. The van der Waals surface area contributed by atoms with Crippen LogP contribution in [0.15, 0.2) is 18.2 Å². The monoisotopic (exact) mass is 349 g/mol. The molecule has 1 fully saturated rings. The van der Waals surface area contributed by atoms with Crippen molar-refractivity contribution in [3.63, 3.8) is 0 Å². The number of carbonyl (C=O) groups is 1. The fourth-order valence-electron chi connectivity index (χ4n) is 3.01. The molecule has 0 heterocycles. The average molecular weight is 349 g/mol. The highest BCUT2D eigenvalue weighted by Gasteiger charge is 2.16. The largest absolute Gasteiger partial charge is 0.332 e. The number of nitro groups is 1. The second kappa shape index (κ2) is 8.73. The van der Waals surface area contributed by atoms with E-state index < -0.39 is 4.92 Å². The first-order chi connectivity index (χ1) is 11.5. The number of aryl methyl sites for hydroxylation is 1. The Morgan fingerprint density at radius 1 is 1.33 bits per heavy atom. The van der Waals surface area contributed by atoms with Gasteiger partial charge in [0.25, 0.3) is 5.69 Å². The summed E-state index contributed by atoms with van der Waals surface area (Å²) in [7, 11) is 0. The van der Waals surface area contributed by atoms with E-state index in [-0.39, 0.29) is 16.7 Å². The summed E-state index contributed by atoms with van der Waals surface area (Å²) in [6, 6.07) is 4.50. The van der Waals surface area contributed by atoms with Gasteiger partial charge in [0, 0.05) is 24.2 Å². The van der Waals surface area contributed by atoms with Crippen LogP contribution in [0.25, 0.3) is 0 Å². The van der Waals surface area contributed by atoms with Crippen LogP contribution in [0, 0.1) is 23.0 Å². The van der Waals surface area contributed by atoms with E-state index in [1.165, 1.54) is 44.2 Å². The summed E-state index contributed by atoms with van der Waals surface area (Å²) in [5, 5.41) is 16.5. The van der Waals surface area contributed by atoms with Crippen LogP contribution in [0.4, 0.5) is 11.4 Å². The lowest BCUT2D eigenvalue weighted by Gasteiger charge is -2.21. The highest BCUT2D eigenvalue weighted by atomic mass is 32.1. The molecule has 7 heteroatoms. The van der Waals surface area contributed by atoms with E-state index in [2.05, 4.69) is 10.6 Å². The Kier molecular flexibility index (Phi) is 6.66. The van der Waals surface area contributed by atoms with Crippen molar-refractivity contribution in [3.8, 4) is 0 Å². The lowest BCUT2D eigenvalue weighted by molar-refractivity contribution is -0.384. The van der Waals surface area contributed by atoms with E-state index in [9.17, 15) is 14.9 Å². The molecule has 0 aromatic heterocycles. The minimum absolute atomic E-state index is 0.0190. The van der Waals surface area contributed by atoms with Gasteiger partial charge in [-0.15, -0.1) is 0 Å². The van der Waals surface area contributed by atoms with Crippen LogP contribution >= 0.6 is 12.2 Å². The summed E-state index contributed by atoms with van der Waals surface area (Å²) in [6.07, 6.45) is 7.60. The number of hydrogen-bond donors (Lipinski definition) is 2. The first kappa shape index (κ1) is 18.3. The topological polar surface area (TPSA) is 84.3 Å². The van der Waals surface area contributed by atoms with Crippen LogP contribution in [-0.4, -0.2) is 15.9 Å². The molecule has 0 radical (unpaired) electrons. The van der Waals surface area contributed by atoms with Crippen LogP contribution in [-0.2, 0) is 4.79 Å². The Hall–Kier alpha value is -2.02. The number of anilines is 1. The summed E-state index contributed by atoms with van der Waals surface area (Å²) >= 11 is 5.14. The van der Waals surface area contributed by atoms with Crippen molar-refractivity contribution in [2.45, 2.75) is 51.9 Å². The molecule has 6 nitrogen and oxygen atoms in total. The van der Waals surface area contributed by atoms with Crippen LogP contribution in [0.1, 0.15) is 50.5 Å². The normalized spacial score (nSPS) is 14.9. The lowest BCUT2D eigenvalue weighted by atomic mass is 9.86. The van der Waals surface area contributed by atoms with Gasteiger partial charge in [-0.2, -0.15) is 0 Å². The Bertz CT molecular complexity index is 628. The Morgan fingerprint density at radius 3 is 2.71 bits per heavy atom. The third kappa shape index (κ3) is 5.56. The average Bonchev–Trinajstić information content (AvgIpc) is 2.55. The second-order valence-corrected chi connectivity index (χ2v) is 6.71. The van der Waals surface area contributed by atoms with Gasteiger partial charge >= 0.3 is 0 Å². The Labute approximate surface area is 147 Å². The standard InChI is InChI=1S/C17H23N3O3S/c1-12-7-9-14(20(22)23)11-15(12)18-17(24)19-16(21)10-8-13-5-3-2-4-6-13/h7,9,11,13H,2-6,8,10H2,1H3,(H2,18,19,21,24). The number of nitro benzene ring substituents is 1. The molecule has 2 rings (SSSR count). The number of amides is 1. The molecule has 2 N–H and O–H groups in total. The zero-order chi connectivity index (χ0) is 17.5. The number of nitrogens with zero attached hydrogens (tertiary/aromatic N) is 1. The molecular weight excluding hydrogens is 326 g/mol. The fourth-order valence-corrected chi connectivity index (χ4v) is 3.24. The molecular formula is C17H23N3O3S. The van der Waals surface area contributed by atoms with E-state index in [1.807, 2.05) is 6.92 Å². The van der Waals surface area contributed by atoms with Gasteiger partial charge in [-0.05, 0) is 37.0 Å². The molecule has 1 aliphatic carbocycles. The van der Waals surface area contributed by atoms with Crippen molar-refractivity contribution in [2.75, 3.05) is 5.32 Å². The maximum absolute atomic E-state index is 12.0. The van der Waals surface area contributed by atoms with Crippen LogP contribution in [0.5, 0.6) is 0 Å². The maximum Gasteiger partial charge on any atom is 0.271 e. The molecule has 0 spiro atoms. The maximum atomic E-state index is 12.0. The van der Waals surface area contributed by atoms with E-state index in [1.54, 1.807) is 6.07 Å². The van der Waals surface area contributed by atoms with Gasteiger partial charge in [-0.1, -0.05) is 38.2 Å².